The van der Waals surface area contributed by atoms with Crippen LogP contribution < -0.4 is 5.32 Å². The fraction of sp³-hybridized carbons (Fsp3) is 0.533. The summed E-state index contributed by atoms with van der Waals surface area (Å²) in [5, 5.41) is 4.81. The smallest absolute Gasteiger partial charge is 0.409 e. The lowest BCUT2D eigenvalue weighted by Gasteiger charge is -2.31. The summed E-state index contributed by atoms with van der Waals surface area (Å²) < 4.78 is 5.01. The topological polar surface area (TPSA) is 41.6 Å². The van der Waals surface area contributed by atoms with E-state index in [1.807, 2.05) is 19.1 Å². The van der Waals surface area contributed by atoms with Crippen molar-refractivity contribution in [3.05, 3.63) is 33.8 Å². The van der Waals surface area contributed by atoms with Gasteiger partial charge in [0.05, 0.1) is 6.61 Å². The summed E-state index contributed by atoms with van der Waals surface area (Å²) in [5.74, 6) is 0. The Balaban J connectivity index is 1.77. The molecule has 1 aromatic rings. The van der Waals surface area contributed by atoms with Gasteiger partial charge in [-0.25, -0.2) is 4.79 Å². The van der Waals surface area contributed by atoms with Crippen LogP contribution in [0.15, 0.2) is 18.2 Å². The van der Waals surface area contributed by atoms with Gasteiger partial charge in [-0.15, -0.1) is 0 Å². The van der Waals surface area contributed by atoms with Gasteiger partial charge in [-0.05, 0) is 37.5 Å². The zero-order chi connectivity index (χ0) is 15.2. The summed E-state index contributed by atoms with van der Waals surface area (Å²) in [5.41, 5.74) is 1.04. The van der Waals surface area contributed by atoms with Crippen molar-refractivity contribution in [3.8, 4) is 0 Å². The minimum atomic E-state index is -0.211. The van der Waals surface area contributed by atoms with Crippen LogP contribution in [-0.2, 0) is 11.3 Å². The van der Waals surface area contributed by atoms with Gasteiger partial charge >= 0.3 is 6.09 Å². The average Bonchev–Trinajstić information content (AvgIpc) is 2.47. The Bertz CT molecular complexity index is 489. The lowest BCUT2D eigenvalue weighted by atomic mass is 10.0. The van der Waals surface area contributed by atoms with E-state index in [0.717, 1.165) is 31.5 Å². The lowest BCUT2D eigenvalue weighted by Crippen LogP contribution is -2.44. The quantitative estimate of drug-likeness (QED) is 0.915. The number of carbonyl (C=O) groups excluding carboxylic acids is 1. The van der Waals surface area contributed by atoms with Crippen LogP contribution in [0.2, 0.25) is 10.0 Å². The third-order valence-electron chi connectivity index (χ3n) is 3.62. The Hall–Kier alpha value is -0.970. The Labute approximate surface area is 135 Å². The van der Waals surface area contributed by atoms with Crippen LogP contribution in [0.3, 0.4) is 0 Å². The van der Waals surface area contributed by atoms with Crippen LogP contribution in [0.25, 0.3) is 0 Å². The first kappa shape index (κ1) is 16.4. The first-order chi connectivity index (χ1) is 10.1. The molecule has 0 saturated carbocycles. The first-order valence-corrected chi connectivity index (χ1v) is 7.94. The number of benzene rings is 1. The third kappa shape index (κ3) is 4.77. The number of halogens is 2. The number of nitrogens with zero attached hydrogens (tertiary/aromatic N) is 1. The van der Waals surface area contributed by atoms with Crippen LogP contribution in [0.1, 0.15) is 25.3 Å². The van der Waals surface area contributed by atoms with Crippen LogP contribution in [0.5, 0.6) is 0 Å². The van der Waals surface area contributed by atoms with Gasteiger partial charge in [0.1, 0.15) is 0 Å². The van der Waals surface area contributed by atoms with E-state index in [-0.39, 0.29) is 6.09 Å². The van der Waals surface area contributed by atoms with Gasteiger partial charge in [-0.2, -0.15) is 0 Å². The number of hydrogen-bond acceptors (Lipinski definition) is 3. The van der Waals surface area contributed by atoms with Crippen molar-refractivity contribution in [1.82, 2.24) is 10.2 Å². The maximum Gasteiger partial charge on any atom is 0.409 e. The molecule has 1 aromatic carbocycles. The highest BCUT2D eigenvalue weighted by Gasteiger charge is 2.23. The van der Waals surface area contributed by atoms with Crippen molar-refractivity contribution in [2.75, 3.05) is 19.7 Å². The van der Waals surface area contributed by atoms with E-state index in [2.05, 4.69) is 5.32 Å². The maximum atomic E-state index is 11.6. The van der Waals surface area contributed by atoms with Gasteiger partial charge in [0.25, 0.3) is 0 Å². The molecule has 0 spiro atoms. The Morgan fingerprint density at radius 3 is 2.71 bits per heavy atom. The molecule has 21 heavy (non-hydrogen) atoms. The second-order valence-electron chi connectivity index (χ2n) is 5.08. The minimum Gasteiger partial charge on any atom is -0.450 e. The van der Waals surface area contributed by atoms with E-state index in [1.165, 1.54) is 0 Å². The highest BCUT2D eigenvalue weighted by Crippen LogP contribution is 2.21. The summed E-state index contributed by atoms with van der Waals surface area (Å²) >= 11 is 12.0. The molecule has 0 radical (unpaired) electrons. The maximum absolute atomic E-state index is 11.6. The molecule has 4 nitrogen and oxygen atoms in total. The van der Waals surface area contributed by atoms with Gasteiger partial charge in [-0.1, -0.05) is 29.3 Å². The molecule has 2 rings (SSSR count). The minimum absolute atomic E-state index is 0.211. The van der Waals surface area contributed by atoms with E-state index < -0.39 is 0 Å². The number of piperidine rings is 1. The van der Waals surface area contributed by atoms with Crippen molar-refractivity contribution in [2.24, 2.45) is 0 Å². The van der Waals surface area contributed by atoms with Crippen LogP contribution >= 0.6 is 23.2 Å². The predicted molar refractivity (Wildman–Crippen MR) is 84.9 cm³/mol. The molecular weight excluding hydrogens is 311 g/mol. The van der Waals surface area contributed by atoms with Crippen molar-refractivity contribution in [1.29, 1.82) is 0 Å². The monoisotopic (exact) mass is 330 g/mol. The number of nitrogens with one attached hydrogen (secondary N) is 1. The molecule has 1 aliphatic heterocycles. The standard InChI is InChI=1S/C15H20Cl2N2O2/c1-2-21-15(20)19-7-5-13(6-8-19)18-10-11-3-4-12(16)9-14(11)17/h3-4,9,13,18H,2,5-8,10H2,1H3. The van der Waals surface area contributed by atoms with Crippen LogP contribution in [-0.4, -0.2) is 36.7 Å². The molecule has 6 heteroatoms. The van der Waals surface area contributed by atoms with Gasteiger partial charge < -0.3 is 15.0 Å². The fourth-order valence-electron chi connectivity index (χ4n) is 2.40. The number of rotatable bonds is 4. The molecular formula is C15H20Cl2N2O2. The number of carbonyl (C=O) groups is 1. The van der Waals surface area contributed by atoms with E-state index in [0.29, 0.717) is 29.2 Å². The summed E-state index contributed by atoms with van der Waals surface area (Å²) in [6, 6.07) is 5.92. The molecule has 1 saturated heterocycles. The molecule has 1 heterocycles. The summed E-state index contributed by atoms with van der Waals surface area (Å²) in [7, 11) is 0. The number of ether oxygens (including phenoxy) is 1. The van der Waals surface area contributed by atoms with E-state index in [4.69, 9.17) is 27.9 Å². The molecule has 0 aliphatic carbocycles. The summed E-state index contributed by atoms with van der Waals surface area (Å²) in [6.07, 6.45) is 1.63. The molecule has 0 unspecified atom stereocenters. The summed E-state index contributed by atoms with van der Waals surface area (Å²) in [6.45, 7) is 4.41. The lowest BCUT2D eigenvalue weighted by molar-refractivity contribution is 0.0950. The largest absolute Gasteiger partial charge is 0.450 e. The third-order valence-corrected chi connectivity index (χ3v) is 4.20. The van der Waals surface area contributed by atoms with Crippen LogP contribution in [0, 0.1) is 0 Å². The molecule has 116 valence electrons. The number of amides is 1. The molecule has 1 amide bonds. The molecule has 0 aromatic heterocycles. The predicted octanol–water partition coefficient (Wildman–Crippen LogP) is 3.70. The normalized spacial score (nSPS) is 16.0. The van der Waals surface area contributed by atoms with Crippen molar-refractivity contribution in [2.45, 2.75) is 32.4 Å². The van der Waals surface area contributed by atoms with Crippen molar-refractivity contribution >= 4 is 29.3 Å². The number of likely N-dealkylation sites (tertiary alicyclic amines) is 1. The number of hydrogen-bond donors (Lipinski definition) is 1. The first-order valence-electron chi connectivity index (χ1n) is 7.19. The SMILES string of the molecule is CCOC(=O)N1CCC(NCc2ccc(Cl)cc2Cl)CC1. The average molecular weight is 331 g/mol. The Morgan fingerprint density at radius 1 is 1.38 bits per heavy atom. The zero-order valence-electron chi connectivity index (χ0n) is 12.1. The summed E-state index contributed by atoms with van der Waals surface area (Å²) in [4.78, 5) is 13.4. The molecule has 1 aliphatic rings. The van der Waals surface area contributed by atoms with E-state index in [1.54, 1.807) is 11.0 Å². The van der Waals surface area contributed by atoms with Crippen molar-refractivity contribution in [3.63, 3.8) is 0 Å². The highest BCUT2D eigenvalue weighted by atomic mass is 35.5. The van der Waals surface area contributed by atoms with Crippen molar-refractivity contribution < 1.29 is 9.53 Å². The van der Waals surface area contributed by atoms with E-state index in [9.17, 15) is 4.79 Å². The Morgan fingerprint density at radius 2 is 2.10 bits per heavy atom. The highest BCUT2D eigenvalue weighted by molar-refractivity contribution is 6.35. The molecule has 1 N–H and O–H groups in total. The van der Waals surface area contributed by atoms with Gasteiger partial charge in [-0.3, -0.25) is 0 Å². The van der Waals surface area contributed by atoms with Gasteiger partial charge in [0.2, 0.25) is 0 Å². The second kappa shape index (κ2) is 7.87. The van der Waals surface area contributed by atoms with Gasteiger partial charge in [0.15, 0.2) is 0 Å². The second-order valence-corrected chi connectivity index (χ2v) is 5.92. The van der Waals surface area contributed by atoms with E-state index >= 15 is 0 Å². The molecule has 0 bridgehead atoms. The fourth-order valence-corrected chi connectivity index (χ4v) is 2.88. The Kier molecular flexibility index (Phi) is 6.15. The zero-order valence-corrected chi connectivity index (χ0v) is 13.6. The molecule has 0 atom stereocenters. The molecule has 1 fully saturated rings. The van der Waals surface area contributed by atoms with Crippen LogP contribution in [0.4, 0.5) is 4.79 Å². The van der Waals surface area contributed by atoms with Gasteiger partial charge in [0, 0.05) is 35.7 Å².